The van der Waals surface area contributed by atoms with Crippen LogP contribution in [0.2, 0.25) is 0 Å². The number of aromatic nitrogens is 2. The number of anilines is 1. The Morgan fingerprint density at radius 1 is 1.36 bits per heavy atom. The van der Waals surface area contributed by atoms with E-state index in [9.17, 15) is 0 Å². The summed E-state index contributed by atoms with van der Waals surface area (Å²) < 4.78 is 0. The van der Waals surface area contributed by atoms with Crippen LogP contribution in [0, 0.1) is 0 Å². The Bertz CT molecular complexity index is 296. The first-order valence-electron chi connectivity index (χ1n) is 4.92. The van der Waals surface area contributed by atoms with Crippen molar-refractivity contribution in [3.63, 3.8) is 0 Å². The minimum atomic E-state index is 0.175. The van der Waals surface area contributed by atoms with Crippen LogP contribution >= 0.6 is 0 Å². The first-order chi connectivity index (χ1) is 6.67. The second-order valence-electron chi connectivity index (χ2n) is 4.33. The predicted molar refractivity (Wildman–Crippen MR) is 56.3 cm³/mol. The molecule has 0 radical (unpaired) electrons. The molecule has 0 aromatic carbocycles. The zero-order valence-electron chi connectivity index (χ0n) is 8.70. The van der Waals surface area contributed by atoms with Gasteiger partial charge in [-0.1, -0.05) is 0 Å². The largest absolute Gasteiger partial charge is 0.366 e. The first-order valence-corrected chi connectivity index (χ1v) is 4.92. The van der Waals surface area contributed by atoms with E-state index in [0.717, 1.165) is 25.3 Å². The summed E-state index contributed by atoms with van der Waals surface area (Å²) in [6.45, 7) is 7.46. The van der Waals surface area contributed by atoms with Gasteiger partial charge in [0.1, 0.15) is 6.33 Å². The van der Waals surface area contributed by atoms with Crippen LogP contribution in [0.5, 0.6) is 0 Å². The number of piperazine rings is 1. The van der Waals surface area contributed by atoms with Crippen LogP contribution in [0.4, 0.5) is 5.69 Å². The molecule has 1 aromatic rings. The second-order valence-corrected chi connectivity index (χ2v) is 4.33. The van der Waals surface area contributed by atoms with E-state index in [-0.39, 0.29) is 5.54 Å². The molecule has 4 heteroatoms. The number of rotatable bonds is 1. The highest BCUT2D eigenvalue weighted by molar-refractivity contribution is 5.42. The van der Waals surface area contributed by atoms with E-state index in [1.54, 1.807) is 6.33 Å². The molecular weight excluding hydrogens is 176 g/mol. The molecule has 4 nitrogen and oxygen atoms in total. The van der Waals surface area contributed by atoms with Crippen molar-refractivity contribution in [3.8, 4) is 0 Å². The Morgan fingerprint density at radius 3 is 2.71 bits per heavy atom. The molecule has 1 aliphatic rings. The molecule has 1 N–H and O–H groups in total. The van der Waals surface area contributed by atoms with Crippen LogP contribution in [0.3, 0.4) is 0 Å². The molecular formula is C10H16N4. The zero-order valence-corrected chi connectivity index (χ0v) is 8.70. The lowest BCUT2D eigenvalue weighted by Crippen LogP contribution is -2.57. The molecule has 0 aliphatic carbocycles. The van der Waals surface area contributed by atoms with E-state index >= 15 is 0 Å². The van der Waals surface area contributed by atoms with Crippen molar-refractivity contribution in [2.75, 3.05) is 24.5 Å². The van der Waals surface area contributed by atoms with Gasteiger partial charge in [0.25, 0.3) is 0 Å². The number of hydrogen-bond acceptors (Lipinski definition) is 4. The van der Waals surface area contributed by atoms with E-state index in [1.165, 1.54) is 0 Å². The third kappa shape index (κ3) is 2.01. The van der Waals surface area contributed by atoms with Crippen molar-refractivity contribution in [2.24, 2.45) is 0 Å². The maximum atomic E-state index is 4.03. The van der Waals surface area contributed by atoms with Crippen LogP contribution in [-0.2, 0) is 0 Å². The first kappa shape index (κ1) is 9.40. The molecule has 0 atom stereocenters. The van der Waals surface area contributed by atoms with Crippen LogP contribution in [-0.4, -0.2) is 35.1 Å². The van der Waals surface area contributed by atoms with E-state index in [2.05, 4.69) is 34.0 Å². The summed E-state index contributed by atoms with van der Waals surface area (Å²) in [4.78, 5) is 10.4. The molecule has 1 saturated heterocycles. The summed E-state index contributed by atoms with van der Waals surface area (Å²) in [5, 5.41) is 3.48. The molecule has 1 aromatic heterocycles. The van der Waals surface area contributed by atoms with Gasteiger partial charge in [-0.3, -0.25) is 0 Å². The van der Waals surface area contributed by atoms with Gasteiger partial charge in [-0.25, -0.2) is 9.97 Å². The van der Waals surface area contributed by atoms with Gasteiger partial charge < -0.3 is 10.2 Å². The maximum Gasteiger partial charge on any atom is 0.115 e. The zero-order chi connectivity index (χ0) is 10.0. The fourth-order valence-corrected chi connectivity index (χ4v) is 1.82. The van der Waals surface area contributed by atoms with Crippen LogP contribution in [0.25, 0.3) is 0 Å². The SMILES string of the molecule is CC1(C)CN(c2cncnc2)CCN1. The van der Waals surface area contributed by atoms with Gasteiger partial charge in [0.2, 0.25) is 0 Å². The number of nitrogens with one attached hydrogen (secondary N) is 1. The highest BCUT2D eigenvalue weighted by atomic mass is 15.2. The molecule has 1 fully saturated rings. The minimum Gasteiger partial charge on any atom is -0.366 e. The summed E-state index contributed by atoms with van der Waals surface area (Å²) in [7, 11) is 0. The fraction of sp³-hybridized carbons (Fsp3) is 0.600. The van der Waals surface area contributed by atoms with Gasteiger partial charge in [0, 0.05) is 25.2 Å². The van der Waals surface area contributed by atoms with Crippen molar-refractivity contribution >= 4 is 5.69 Å². The van der Waals surface area contributed by atoms with Crippen LogP contribution in [0.15, 0.2) is 18.7 Å². The monoisotopic (exact) mass is 192 g/mol. The Kier molecular flexibility index (Phi) is 2.37. The van der Waals surface area contributed by atoms with Gasteiger partial charge in [-0.15, -0.1) is 0 Å². The summed E-state index contributed by atoms with van der Waals surface area (Å²) in [6, 6.07) is 0. The van der Waals surface area contributed by atoms with Crippen molar-refractivity contribution in [1.82, 2.24) is 15.3 Å². The van der Waals surface area contributed by atoms with E-state index in [1.807, 2.05) is 12.4 Å². The van der Waals surface area contributed by atoms with Gasteiger partial charge in [-0.2, -0.15) is 0 Å². The van der Waals surface area contributed by atoms with Crippen LogP contribution in [0.1, 0.15) is 13.8 Å². The van der Waals surface area contributed by atoms with E-state index in [0.29, 0.717) is 0 Å². The molecule has 0 spiro atoms. The number of hydrogen-bond donors (Lipinski definition) is 1. The van der Waals surface area contributed by atoms with Gasteiger partial charge in [0.15, 0.2) is 0 Å². The highest BCUT2D eigenvalue weighted by Gasteiger charge is 2.25. The molecule has 2 heterocycles. The van der Waals surface area contributed by atoms with Crippen molar-refractivity contribution in [1.29, 1.82) is 0 Å². The summed E-state index contributed by atoms with van der Waals surface area (Å²) in [5.74, 6) is 0. The summed E-state index contributed by atoms with van der Waals surface area (Å²) >= 11 is 0. The van der Waals surface area contributed by atoms with Crippen LogP contribution < -0.4 is 10.2 Å². The molecule has 0 amide bonds. The highest BCUT2D eigenvalue weighted by Crippen LogP contribution is 2.17. The topological polar surface area (TPSA) is 41.1 Å². The quantitative estimate of drug-likeness (QED) is 0.710. The normalized spacial score (nSPS) is 20.9. The second kappa shape index (κ2) is 3.53. The standard InChI is InChI=1S/C10H16N4/c1-10(2)7-14(4-3-13-10)9-5-11-8-12-6-9/h5-6,8,13H,3-4,7H2,1-2H3. The number of nitrogens with zero attached hydrogens (tertiary/aromatic N) is 3. The molecule has 0 saturated carbocycles. The van der Waals surface area contributed by atoms with Gasteiger partial charge in [-0.05, 0) is 13.8 Å². The molecule has 0 unspecified atom stereocenters. The smallest absolute Gasteiger partial charge is 0.115 e. The lowest BCUT2D eigenvalue weighted by Gasteiger charge is -2.40. The molecule has 2 rings (SSSR count). The lowest BCUT2D eigenvalue weighted by atomic mass is 10.0. The third-order valence-electron chi connectivity index (χ3n) is 2.48. The van der Waals surface area contributed by atoms with E-state index < -0.39 is 0 Å². The molecule has 0 bridgehead atoms. The Balaban J connectivity index is 2.12. The Labute approximate surface area is 84.4 Å². The fourth-order valence-electron chi connectivity index (χ4n) is 1.82. The molecule has 1 aliphatic heterocycles. The lowest BCUT2D eigenvalue weighted by molar-refractivity contribution is 0.353. The summed E-state index contributed by atoms with van der Waals surface area (Å²) in [5.41, 5.74) is 1.29. The Morgan fingerprint density at radius 2 is 2.07 bits per heavy atom. The predicted octanol–water partition coefficient (Wildman–Crippen LogP) is 0.665. The van der Waals surface area contributed by atoms with Gasteiger partial charge >= 0.3 is 0 Å². The van der Waals surface area contributed by atoms with Crippen molar-refractivity contribution < 1.29 is 0 Å². The van der Waals surface area contributed by atoms with Crippen molar-refractivity contribution in [2.45, 2.75) is 19.4 Å². The molecule has 76 valence electrons. The van der Waals surface area contributed by atoms with E-state index in [4.69, 9.17) is 0 Å². The third-order valence-corrected chi connectivity index (χ3v) is 2.48. The molecule has 14 heavy (non-hydrogen) atoms. The minimum absolute atomic E-state index is 0.175. The Hall–Kier alpha value is -1.16. The average molecular weight is 192 g/mol. The average Bonchev–Trinajstić information content (AvgIpc) is 2.18. The van der Waals surface area contributed by atoms with Crippen molar-refractivity contribution in [3.05, 3.63) is 18.7 Å². The van der Waals surface area contributed by atoms with Gasteiger partial charge in [0.05, 0.1) is 18.1 Å². The maximum absolute atomic E-state index is 4.03. The summed E-state index contributed by atoms with van der Waals surface area (Å²) in [6.07, 6.45) is 5.31.